The first kappa shape index (κ1) is 103. The SMILES string of the molecule is C#CCBr.C#CCn1c(=O)n(C)c(=O)c2c1nc1n2CCS1.C#CCn1c(=O)n(C)c(=O)c2c1nc1n2CCS1(=O)=O.CCOC(=O)CN1CCSC1=NC#N.CCOC(=O)NC.CCOC(=O)c1c(N)nc2n1CCS2.COC(=O)CCl.CSC(=NC#N)SC.Cn1c(=O)[nH]c2nc3n(c2c1=O)CCS3.N#CNC1=NCCS1.NCCS. The van der Waals surface area contributed by atoms with Crippen molar-refractivity contribution in [3.05, 3.63) is 68.2 Å². The van der Waals surface area contributed by atoms with Gasteiger partial charge < -0.3 is 58.9 Å². The van der Waals surface area contributed by atoms with E-state index in [0.29, 0.717) is 64.9 Å². The number of ether oxygens (including phenoxy) is 4. The zero-order valence-corrected chi connectivity index (χ0v) is 75.2. The van der Waals surface area contributed by atoms with Gasteiger partial charge in [-0.3, -0.25) is 62.1 Å². The number of amides is 1. The van der Waals surface area contributed by atoms with Crippen molar-refractivity contribution in [3.63, 3.8) is 0 Å². The van der Waals surface area contributed by atoms with Crippen LogP contribution in [0.15, 0.2) is 64.4 Å². The fourth-order valence-corrected chi connectivity index (χ4v) is 16.4. The lowest BCUT2D eigenvalue weighted by atomic mass is 10.4. The molecule has 7 aromatic rings. The molecule has 0 aromatic carbocycles. The van der Waals surface area contributed by atoms with Gasteiger partial charge in [0, 0.05) is 102 Å². The van der Waals surface area contributed by atoms with E-state index in [1.54, 1.807) is 85.1 Å². The van der Waals surface area contributed by atoms with E-state index < -0.39 is 38.4 Å². The first-order valence-electron chi connectivity index (χ1n) is 34.2. The van der Waals surface area contributed by atoms with Gasteiger partial charge in [-0.25, -0.2) is 47.3 Å². The number of nitriles is 3. The number of sulfone groups is 1. The van der Waals surface area contributed by atoms with Crippen molar-refractivity contribution >= 4 is 210 Å². The Morgan fingerprint density at radius 2 is 1.22 bits per heavy atom. The summed E-state index contributed by atoms with van der Waals surface area (Å²) < 4.78 is 55.2. The number of halogens is 2. The van der Waals surface area contributed by atoms with Crippen LogP contribution in [0, 0.1) is 71.4 Å². The standard InChI is InChI=1S/C11H10N4O4S.C11H10N4O2S.C8H8N4O2S.2C8H11N3O2S.C4H5N3S.C4H6N2S2.C4H9NO2.C3H3Br.C3H5ClO2.C2H7NS/c1-3-4-15-8-7(9(16)13(2)11(15)17)14-5-6-20(18,19)10(14)12-8;1-3-4-15-8-7(9(16)13(2)11(15)17)14-5-6-18-10(14)12-8;1-11-6(13)4-5(9-7(11)14)10-8-12(4)2-3-15-8;1-2-13-7(12)5-6(9)10-8-11(5)3-4-14-8;1-2-13-7(12)5-11-3-4-14-8(11)10-6-9;5-3-7-4-6-1-2-8-4;1-7-4(8-2)6-3-5;1-3-7-4(6)5-2;1-2-3-4;1-6-3(5)2-4;3-1-2-4/h1H,4-6H2,2H3;1H,4-6H2,2H3;2-3H2,1H3,(H,9,14);2-4,9H2,1H3;2-5H2,1H3;1-2H2,(H,6,7);1-2H3;3H2,1-2H3,(H,5,6);1H,3H2;2H2,1H3;4H,1-3H2. The quantitative estimate of drug-likeness (QED) is 0.0131. The van der Waals surface area contributed by atoms with Crippen LogP contribution >= 0.6 is 122 Å². The third kappa shape index (κ3) is 29.1. The molecule has 0 spiro atoms. The molecule has 0 bridgehead atoms. The molecule has 1 fully saturated rings. The predicted octanol–water partition coefficient (Wildman–Crippen LogP) is 2.02. The fraction of sp³-hybridized carbons (Fsp3) is 0.485. The Morgan fingerprint density at radius 1 is 0.703 bits per heavy atom. The number of nitrogens with one attached hydrogen (secondary N) is 3. The Labute approximate surface area is 724 Å². The van der Waals surface area contributed by atoms with E-state index >= 15 is 0 Å². The predicted molar refractivity (Wildman–Crippen MR) is 470 cm³/mol. The molecular formula is C66H85BrClN25O16S9. The van der Waals surface area contributed by atoms with Crippen molar-refractivity contribution in [1.29, 1.82) is 15.8 Å². The van der Waals surface area contributed by atoms with Crippen LogP contribution in [-0.2, 0) is 98.8 Å². The number of aromatic amines is 1. The molecule has 6 aliphatic heterocycles. The minimum Gasteiger partial charge on any atom is -0.468 e. The van der Waals surface area contributed by atoms with Gasteiger partial charge in [-0.05, 0) is 33.3 Å². The first-order valence-corrected chi connectivity index (χ1v) is 45.5. The highest BCUT2D eigenvalue weighted by atomic mass is 79.9. The van der Waals surface area contributed by atoms with Crippen LogP contribution in [0.4, 0.5) is 10.6 Å². The van der Waals surface area contributed by atoms with E-state index in [4.69, 9.17) is 67.6 Å². The summed E-state index contributed by atoms with van der Waals surface area (Å²) >= 11 is 22.6. The number of aromatic nitrogens is 14. The van der Waals surface area contributed by atoms with E-state index in [1.165, 1.54) is 79.7 Å². The number of amidine groups is 2. The van der Waals surface area contributed by atoms with Crippen LogP contribution in [0.3, 0.4) is 0 Å². The smallest absolute Gasteiger partial charge is 0.406 e. The van der Waals surface area contributed by atoms with Gasteiger partial charge in [0.2, 0.25) is 27.4 Å². The molecule has 0 radical (unpaired) electrons. The number of fused-ring (bicyclic) bond motifs is 10. The maximum absolute atomic E-state index is 12.2. The minimum absolute atomic E-state index is 0.0225. The van der Waals surface area contributed by atoms with E-state index in [1.807, 2.05) is 32.4 Å². The van der Waals surface area contributed by atoms with Crippen LogP contribution in [0.25, 0.3) is 33.5 Å². The average Bonchev–Trinajstić information content (AvgIpc) is 1.57. The highest BCUT2D eigenvalue weighted by Crippen LogP contribution is 2.31. The second-order valence-corrected chi connectivity index (χ2v) is 32.4. The number of aryl methyl sites for hydroxylation is 3. The van der Waals surface area contributed by atoms with Crippen molar-refractivity contribution in [2.75, 3.05) is 130 Å². The molecule has 7 N–H and O–H groups in total. The number of terminal acetylenes is 3. The number of nitrogen functional groups attached to an aromatic ring is 1. The molecule has 0 unspecified atom stereocenters. The number of alkyl halides is 2. The Bertz CT molecular complexity index is 5540. The fourth-order valence-electron chi connectivity index (χ4n) is 9.58. The van der Waals surface area contributed by atoms with Crippen molar-refractivity contribution in [1.82, 2.24) is 81.6 Å². The van der Waals surface area contributed by atoms with E-state index in [-0.39, 0.29) is 89.1 Å². The summed E-state index contributed by atoms with van der Waals surface area (Å²) in [5.41, 5.74) is 10.2. The van der Waals surface area contributed by atoms with Crippen LogP contribution in [-0.4, -0.2) is 242 Å². The zero-order valence-electron chi connectivity index (χ0n) is 65.4. The number of methoxy groups -OCH3 is 1. The largest absolute Gasteiger partial charge is 0.468 e. The molecule has 6 aliphatic rings. The molecule has 0 aliphatic carbocycles. The second-order valence-electron chi connectivity index (χ2n) is 22.0. The highest BCUT2D eigenvalue weighted by molar-refractivity contribution is 9.09. The molecule has 13 rings (SSSR count). The van der Waals surface area contributed by atoms with Gasteiger partial charge in [0.15, 0.2) is 77.0 Å². The molecule has 0 atom stereocenters. The summed E-state index contributed by atoms with van der Waals surface area (Å²) in [6, 6.07) is 0. The molecule has 1 saturated heterocycles. The van der Waals surface area contributed by atoms with Crippen molar-refractivity contribution in [2.45, 2.75) is 80.7 Å². The number of thiol groups is 1. The number of thioether (sulfide) groups is 7. The van der Waals surface area contributed by atoms with E-state index in [9.17, 15) is 56.4 Å². The van der Waals surface area contributed by atoms with Gasteiger partial charge in [-0.15, -0.1) is 59.4 Å². The summed E-state index contributed by atoms with van der Waals surface area (Å²) in [5.74, 6) is 11.6. The lowest BCUT2D eigenvalue weighted by Gasteiger charge is -2.14. The van der Waals surface area contributed by atoms with Crippen molar-refractivity contribution in [2.24, 2.45) is 41.9 Å². The summed E-state index contributed by atoms with van der Waals surface area (Å²) in [6.07, 6.45) is 23.9. The number of carbonyl (C=O) groups is 4. The van der Waals surface area contributed by atoms with E-state index in [0.717, 1.165) is 111 Å². The third-order valence-electron chi connectivity index (χ3n) is 14.7. The van der Waals surface area contributed by atoms with Gasteiger partial charge in [0.05, 0.1) is 57.6 Å². The lowest BCUT2D eigenvalue weighted by Crippen LogP contribution is -2.38. The minimum atomic E-state index is -3.50. The summed E-state index contributed by atoms with van der Waals surface area (Å²) in [5, 5.41) is 33.5. The molecule has 13 heterocycles. The number of imidazole rings is 4. The highest BCUT2D eigenvalue weighted by Gasteiger charge is 2.34. The Balaban J connectivity index is 0.000000347. The second kappa shape index (κ2) is 53.7. The number of esters is 3. The summed E-state index contributed by atoms with van der Waals surface area (Å²) in [6.45, 7) is 11.4. The number of rotatable bonds is 10. The van der Waals surface area contributed by atoms with Gasteiger partial charge >= 0.3 is 41.1 Å². The molecule has 118 heavy (non-hydrogen) atoms. The molecule has 52 heteroatoms. The normalized spacial score (nSPS) is 13.5. The molecule has 638 valence electrons. The number of carbonyl (C=O) groups excluding carboxylic acids is 4. The van der Waals surface area contributed by atoms with Crippen LogP contribution < -0.4 is 55.8 Å². The summed E-state index contributed by atoms with van der Waals surface area (Å²) in [4.78, 5) is 146. The van der Waals surface area contributed by atoms with Gasteiger partial charge in [-0.2, -0.15) is 38.4 Å². The summed E-state index contributed by atoms with van der Waals surface area (Å²) in [7, 11) is 3.56. The third-order valence-corrected chi connectivity index (χ3v) is 23.7. The molecule has 0 saturated carbocycles. The average molecular weight is 1890 g/mol. The molecule has 7 aromatic heterocycles. The van der Waals surface area contributed by atoms with Crippen molar-refractivity contribution < 1.29 is 46.5 Å². The molecular weight excluding hydrogens is 1800 g/mol. The molecule has 41 nitrogen and oxygen atoms in total. The number of alkyl carbamates (subject to hydrolysis) is 1. The number of hydrogen-bond acceptors (Lipinski definition) is 37. The monoisotopic (exact) mass is 1890 g/mol. The van der Waals surface area contributed by atoms with Crippen molar-refractivity contribution in [3.8, 4) is 55.6 Å². The maximum Gasteiger partial charge on any atom is 0.406 e. The number of H-pyrrole nitrogens is 1. The van der Waals surface area contributed by atoms with Crippen LogP contribution in [0.5, 0.6) is 0 Å². The van der Waals surface area contributed by atoms with Gasteiger partial charge in [0.1, 0.15) is 16.8 Å². The zero-order chi connectivity index (χ0) is 88.4. The number of anilines is 1. The van der Waals surface area contributed by atoms with E-state index in [2.05, 4.69) is 106 Å². The topological polar surface area (TPSA) is 541 Å². The number of hydrogen-bond donors (Lipinski definition) is 6. The number of nitrogens with two attached hydrogens (primary N) is 2. The van der Waals surface area contributed by atoms with Crippen LogP contribution in [0.2, 0.25) is 0 Å². The first-order chi connectivity index (χ1) is 56.4. The Kier molecular flexibility index (Phi) is 46.7. The maximum atomic E-state index is 12.2. The Morgan fingerprint density at radius 3 is 1.67 bits per heavy atom. The lowest BCUT2D eigenvalue weighted by molar-refractivity contribution is -0.143. The van der Waals surface area contributed by atoms with Gasteiger partial charge in [-0.1, -0.05) is 92.5 Å². The van der Waals surface area contributed by atoms with Gasteiger partial charge in [0.25, 0.3) is 16.7 Å². The van der Waals surface area contributed by atoms with Crippen LogP contribution in [0.1, 0.15) is 31.3 Å². The molecule has 1 amide bonds. The number of aliphatic imine (C=N–C) groups is 3. The number of nitrogens with zero attached hydrogens (tertiary/aromatic N) is 20. The Hall–Kier alpha value is -9.62.